The Hall–Kier alpha value is -1.60. The minimum Gasteiger partial charge on any atom is -0.312 e. The maximum atomic E-state index is 3.57. The third kappa shape index (κ3) is 2.89. The largest absolute Gasteiger partial charge is 0.312 e. The highest BCUT2D eigenvalue weighted by Crippen LogP contribution is 2.40. The summed E-state index contributed by atoms with van der Waals surface area (Å²) < 4.78 is 0. The quantitative estimate of drug-likeness (QED) is 0.860. The van der Waals surface area contributed by atoms with Gasteiger partial charge in [-0.25, -0.2) is 0 Å². The molecule has 0 aromatic heterocycles. The fourth-order valence-electron chi connectivity index (χ4n) is 3.70. The molecular formula is C20H25N. The molecule has 0 fully saturated rings. The second kappa shape index (κ2) is 6.44. The molecule has 1 N–H and O–H groups in total. The van der Waals surface area contributed by atoms with Crippen LogP contribution in [-0.4, -0.2) is 7.05 Å². The van der Waals surface area contributed by atoms with Gasteiger partial charge in [0.2, 0.25) is 0 Å². The van der Waals surface area contributed by atoms with E-state index in [9.17, 15) is 0 Å². The van der Waals surface area contributed by atoms with E-state index in [1.807, 2.05) is 0 Å². The molecule has 2 aromatic rings. The van der Waals surface area contributed by atoms with Crippen molar-refractivity contribution in [2.45, 2.75) is 44.6 Å². The Balaban J connectivity index is 1.93. The van der Waals surface area contributed by atoms with Crippen LogP contribution in [0.3, 0.4) is 0 Å². The Morgan fingerprint density at radius 1 is 1.10 bits per heavy atom. The lowest BCUT2D eigenvalue weighted by Crippen LogP contribution is -2.26. The molecule has 2 aromatic carbocycles. The Kier molecular flexibility index (Phi) is 4.40. The Morgan fingerprint density at radius 2 is 1.86 bits per heavy atom. The van der Waals surface area contributed by atoms with Gasteiger partial charge in [0, 0.05) is 12.0 Å². The van der Waals surface area contributed by atoms with Gasteiger partial charge in [0.1, 0.15) is 0 Å². The second-order valence-electron chi connectivity index (χ2n) is 6.06. The van der Waals surface area contributed by atoms with Crippen molar-refractivity contribution < 1.29 is 0 Å². The zero-order valence-electron chi connectivity index (χ0n) is 13.1. The molecule has 0 amide bonds. The average Bonchev–Trinajstić information content (AvgIpc) is 2.56. The standard InChI is InChI=1S/C20H25N/c1-3-15-11-13-17(14-12-15)20(21-2)19-10-6-8-16-7-4-5-9-18(16)19/h4-5,7,9,11-14,19-21H,3,6,8,10H2,1-2H3. The molecule has 2 atom stereocenters. The molecular weight excluding hydrogens is 254 g/mol. The van der Waals surface area contributed by atoms with Crippen LogP contribution in [0.5, 0.6) is 0 Å². The van der Waals surface area contributed by atoms with Crippen molar-refractivity contribution in [1.82, 2.24) is 5.32 Å². The second-order valence-corrected chi connectivity index (χ2v) is 6.06. The van der Waals surface area contributed by atoms with Gasteiger partial charge in [-0.05, 0) is 55.0 Å². The average molecular weight is 279 g/mol. The Labute approximate surface area is 128 Å². The van der Waals surface area contributed by atoms with Crippen LogP contribution >= 0.6 is 0 Å². The summed E-state index contributed by atoms with van der Waals surface area (Å²) in [4.78, 5) is 0. The molecule has 0 saturated carbocycles. The van der Waals surface area contributed by atoms with Gasteiger partial charge in [-0.1, -0.05) is 55.5 Å². The summed E-state index contributed by atoms with van der Waals surface area (Å²) in [6, 6.07) is 18.5. The normalized spacial score (nSPS) is 19.0. The lowest BCUT2D eigenvalue weighted by Gasteiger charge is -2.32. The molecule has 1 nitrogen and oxygen atoms in total. The lowest BCUT2D eigenvalue weighted by molar-refractivity contribution is 0.425. The van der Waals surface area contributed by atoms with Gasteiger partial charge in [-0.3, -0.25) is 0 Å². The molecule has 0 aliphatic heterocycles. The first kappa shape index (κ1) is 14.3. The number of likely N-dealkylation sites (N-methyl/N-ethyl adjacent to an activating group) is 1. The number of rotatable bonds is 4. The van der Waals surface area contributed by atoms with E-state index in [0.717, 1.165) is 6.42 Å². The van der Waals surface area contributed by atoms with Crippen LogP contribution in [-0.2, 0) is 12.8 Å². The van der Waals surface area contributed by atoms with Crippen molar-refractivity contribution >= 4 is 0 Å². The first-order valence-corrected chi connectivity index (χ1v) is 8.17. The van der Waals surface area contributed by atoms with E-state index in [4.69, 9.17) is 0 Å². The molecule has 0 saturated heterocycles. The topological polar surface area (TPSA) is 12.0 Å². The van der Waals surface area contributed by atoms with Crippen molar-refractivity contribution in [1.29, 1.82) is 0 Å². The summed E-state index contributed by atoms with van der Waals surface area (Å²) in [7, 11) is 2.09. The molecule has 0 bridgehead atoms. The highest BCUT2D eigenvalue weighted by atomic mass is 14.9. The summed E-state index contributed by atoms with van der Waals surface area (Å²) in [6.07, 6.45) is 4.92. The van der Waals surface area contributed by atoms with Crippen molar-refractivity contribution in [3.05, 3.63) is 70.8 Å². The van der Waals surface area contributed by atoms with E-state index in [1.54, 1.807) is 11.1 Å². The van der Waals surface area contributed by atoms with Gasteiger partial charge < -0.3 is 5.32 Å². The van der Waals surface area contributed by atoms with E-state index in [0.29, 0.717) is 12.0 Å². The van der Waals surface area contributed by atoms with Crippen LogP contribution in [0.1, 0.15) is 54.0 Å². The minimum absolute atomic E-state index is 0.414. The fourth-order valence-corrected chi connectivity index (χ4v) is 3.70. The van der Waals surface area contributed by atoms with Gasteiger partial charge in [0.25, 0.3) is 0 Å². The summed E-state index contributed by atoms with van der Waals surface area (Å²) in [5.74, 6) is 0.590. The Bertz CT molecular complexity index is 585. The first-order valence-electron chi connectivity index (χ1n) is 8.17. The van der Waals surface area contributed by atoms with E-state index in [1.165, 1.54) is 30.4 Å². The summed E-state index contributed by atoms with van der Waals surface area (Å²) in [5, 5.41) is 3.57. The molecule has 0 radical (unpaired) electrons. The molecule has 1 heteroatoms. The molecule has 1 aliphatic rings. The molecule has 0 spiro atoms. The van der Waals surface area contributed by atoms with Crippen LogP contribution in [0.2, 0.25) is 0 Å². The van der Waals surface area contributed by atoms with Crippen molar-refractivity contribution in [2.24, 2.45) is 0 Å². The van der Waals surface area contributed by atoms with Crippen LogP contribution in [0.15, 0.2) is 48.5 Å². The van der Waals surface area contributed by atoms with Gasteiger partial charge in [-0.2, -0.15) is 0 Å². The van der Waals surface area contributed by atoms with Crippen LogP contribution in [0.25, 0.3) is 0 Å². The molecule has 21 heavy (non-hydrogen) atoms. The van der Waals surface area contributed by atoms with Crippen molar-refractivity contribution in [2.75, 3.05) is 7.05 Å². The summed E-state index contributed by atoms with van der Waals surface area (Å²) in [5.41, 5.74) is 5.91. The highest BCUT2D eigenvalue weighted by molar-refractivity contribution is 5.36. The zero-order chi connectivity index (χ0) is 14.7. The number of aryl methyl sites for hydroxylation is 2. The number of hydrogen-bond donors (Lipinski definition) is 1. The van der Waals surface area contributed by atoms with Gasteiger partial charge in [-0.15, -0.1) is 0 Å². The monoisotopic (exact) mass is 279 g/mol. The van der Waals surface area contributed by atoms with Crippen LogP contribution in [0.4, 0.5) is 0 Å². The van der Waals surface area contributed by atoms with E-state index < -0.39 is 0 Å². The lowest BCUT2D eigenvalue weighted by atomic mass is 9.76. The first-order chi connectivity index (χ1) is 10.3. The highest BCUT2D eigenvalue weighted by Gasteiger charge is 2.27. The number of hydrogen-bond acceptors (Lipinski definition) is 1. The van der Waals surface area contributed by atoms with Crippen LogP contribution < -0.4 is 5.32 Å². The van der Waals surface area contributed by atoms with Crippen molar-refractivity contribution in [3.8, 4) is 0 Å². The third-order valence-electron chi connectivity index (χ3n) is 4.88. The third-order valence-corrected chi connectivity index (χ3v) is 4.88. The SMILES string of the molecule is CCc1ccc(C(NC)C2CCCc3ccccc32)cc1. The number of benzene rings is 2. The van der Waals surface area contributed by atoms with E-state index in [2.05, 4.69) is 67.8 Å². The van der Waals surface area contributed by atoms with Gasteiger partial charge >= 0.3 is 0 Å². The zero-order valence-corrected chi connectivity index (χ0v) is 13.1. The maximum Gasteiger partial charge on any atom is 0.0387 e. The summed E-state index contributed by atoms with van der Waals surface area (Å²) in [6.45, 7) is 2.21. The fraction of sp³-hybridized carbons (Fsp3) is 0.400. The number of nitrogens with one attached hydrogen (secondary N) is 1. The van der Waals surface area contributed by atoms with Crippen molar-refractivity contribution in [3.63, 3.8) is 0 Å². The molecule has 0 heterocycles. The maximum absolute atomic E-state index is 3.57. The minimum atomic E-state index is 0.414. The van der Waals surface area contributed by atoms with Crippen LogP contribution in [0, 0.1) is 0 Å². The predicted molar refractivity (Wildman–Crippen MR) is 89.7 cm³/mol. The van der Waals surface area contributed by atoms with Gasteiger partial charge in [0.05, 0.1) is 0 Å². The summed E-state index contributed by atoms with van der Waals surface area (Å²) >= 11 is 0. The molecule has 110 valence electrons. The van der Waals surface area contributed by atoms with E-state index >= 15 is 0 Å². The molecule has 1 aliphatic carbocycles. The van der Waals surface area contributed by atoms with E-state index in [-0.39, 0.29) is 0 Å². The Morgan fingerprint density at radius 3 is 2.57 bits per heavy atom. The molecule has 2 unspecified atom stereocenters. The predicted octanol–water partition coefficient (Wildman–Crippen LogP) is 4.63. The van der Waals surface area contributed by atoms with Gasteiger partial charge in [0.15, 0.2) is 0 Å². The molecule has 3 rings (SSSR count). The smallest absolute Gasteiger partial charge is 0.0387 e. The number of fused-ring (bicyclic) bond motifs is 1.